The quantitative estimate of drug-likeness (QED) is 0.687. The van der Waals surface area contributed by atoms with Crippen LogP contribution in [0.15, 0.2) is 51.4 Å². The van der Waals surface area contributed by atoms with Crippen LogP contribution in [0.1, 0.15) is 37.1 Å². The van der Waals surface area contributed by atoms with Crippen LogP contribution in [0.2, 0.25) is 0 Å². The normalized spacial score (nSPS) is 14.1. The van der Waals surface area contributed by atoms with E-state index in [1.54, 1.807) is 12.1 Å². The molecule has 2 atom stereocenters. The molecule has 0 radical (unpaired) electrons. The van der Waals surface area contributed by atoms with Crippen LogP contribution in [-0.4, -0.2) is 0 Å². The zero-order valence-corrected chi connectivity index (χ0v) is 14.5. The van der Waals surface area contributed by atoms with Gasteiger partial charge in [0.05, 0.1) is 0 Å². The predicted molar refractivity (Wildman–Crippen MR) is 88.2 cm³/mol. The lowest BCUT2D eigenvalue weighted by Gasteiger charge is -2.22. The maximum Gasteiger partial charge on any atom is 0.123 e. The lowest BCUT2D eigenvalue weighted by atomic mass is 10.0. The van der Waals surface area contributed by atoms with Crippen molar-refractivity contribution in [1.29, 1.82) is 0 Å². The van der Waals surface area contributed by atoms with Crippen molar-refractivity contribution < 1.29 is 4.39 Å². The topological polar surface area (TPSA) is 12.0 Å². The Morgan fingerprint density at radius 1 is 1.00 bits per heavy atom. The standard InChI is InChI=1S/C16H16Br2FN/c1-10(12-4-3-5-14(19)8-12)20-11(2)15-7-6-13(17)9-16(15)18/h3-11,20H,1-2H3. The van der Waals surface area contributed by atoms with E-state index in [9.17, 15) is 4.39 Å². The zero-order valence-electron chi connectivity index (χ0n) is 11.3. The Morgan fingerprint density at radius 2 is 1.75 bits per heavy atom. The van der Waals surface area contributed by atoms with Crippen molar-refractivity contribution in [2.75, 3.05) is 0 Å². The van der Waals surface area contributed by atoms with Crippen LogP contribution >= 0.6 is 31.9 Å². The van der Waals surface area contributed by atoms with E-state index in [0.717, 1.165) is 14.5 Å². The van der Waals surface area contributed by atoms with Gasteiger partial charge in [0.1, 0.15) is 5.82 Å². The van der Waals surface area contributed by atoms with Gasteiger partial charge < -0.3 is 5.32 Å². The molecule has 0 amide bonds. The van der Waals surface area contributed by atoms with Gasteiger partial charge in [0.25, 0.3) is 0 Å². The first-order valence-electron chi connectivity index (χ1n) is 6.44. The fourth-order valence-electron chi connectivity index (χ4n) is 2.19. The first-order valence-corrected chi connectivity index (χ1v) is 8.02. The molecule has 20 heavy (non-hydrogen) atoms. The van der Waals surface area contributed by atoms with Gasteiger partial charge in [0, 0.05) is 21.0 Å². The molecule has 1 nitrogen and oxygen atoms in total. The molecule has 2 aromatic rings. The SMILES string of the molecule is CC(NC(C)c1ccc(Br)cc1Br)c1cccc(F)c1. The highest BCUT2D eigenvalue weighted by Gasteiger charge is 2.14. The van der Waals surface area contributed by atoms with E-state index in [-0.39, 0.29) is 17.9 Å². The molecule has 2 aromatic carbocycles. The molecule has 0 aliphatic heterocycles. The molecule has 0 aliphatic carbocycles. The first-order chi connectivity index (χ1) is 9.47. The number of benzene rings is 2. The molecule has 0 spiro atoms. The Bertz CT molecular complexity index is 601. The lowest BCUT2D eigenvalue weighted by Crippen LogP contribution is -2.22. The van der Waals surface area contributed by atoms with E-state index in [2.05, 4.69) is 50.2 Å². The number of hydrogen-bond donors (Lipinski definition) is 1. The smallest absolute Gasteiger partial charge is 0.123 e. The molecule has 2 unspecified atom stereocenters. The average Bonchev–Trinajstić information content (AvgIpc) is 2.38. The average molecular weight is 401 g/mol. The van der Waals surface area contributed by atoms with Gasteiger partial charge in [-0.25, -0.2) is 4.39 Å². The van der Waals surface area contributed by atoms with Crippen molar-refractivity contribution in [3.63, 3.8) is 0 Å². The highest BCUT2D eigenvalue weighted by molar-refractivity contribution is 9.11. The molecular weight excluding hydrogens is 385 g/mol. The summed E-state index contributed by atoms with van der Waals surface area (Å²) in [6, 6.07) is 13.1. The van der Waals surface area contributed by atoms with Crippen LogP contribution in [0.3, 0.4) is 0 Å². The van der Waals surface area contributed by atoms with E-state index >= 15 is 0 Å². The molecule has 106 valence electrons. The van der Waals surface area contributed by atoms with Crippen molar-refractivity contribution >= 4 is 31.9 Å². The summed E-state index contributed by atoms with van der Waals surface area (Å²) in [7, 11) is 0. The van der Waals surface area contributed by atoms with E-state index < -0.39 is 0 Å². The zero-order chi connectivity index (χ0) is 14.7. The van der Waals surface area contributed by atoms with Gasteiger partial charge in [0.15, 0.2) is 0 Å². The molecule has 4 heteroatoms. The van der Waals surface area contributed by atoms with Gasteiger partial charge in [-0.05, 0) is 49.2 Å². The van der Waals surface area contributed by atoms with Gasteiger partial charge >= 0.3 is 0 Å². The van der Waals surface area contributed by atoms with Crippen LogP contribution in [0.4, 0.5) is 4.39 Å². The van der Waals surface area contributed by atoms with Gasteiger partial charge in [-0.3, -0.25) is 0 Å². The Labute approximate surface area is 135 Å². The summed E-state index contributed by atoms with van der Waals surface area (Å²) in [4.78, 5) is 0. The van der Waals surface area contributed by atoms with Crippen LogP contribution in [0, 0.1) is 5.82 Å². The number of nitrogens with one attached hydrogen (secondary N) is 1. The van der Waals surface area contributed by atoms with E-state index in [4.69, 9.17) is 0 Å². The summed E-state index contributed by atoms with van der Waals surface area (Å²) in [5, 5.41) is 3.49. The van der Waals surface area contributed by atoms with Crippen LogP contribution in [0.25, 0.3) is 0 Å². The summed E-state index contributed by atoms with van der Waals surface area (Å²) in [6.07, 6.45) is 0. The van der Waals surface area contributed by atoms with Crippen molar-refractivity contribution in [2.45, 2.75) is 25.9 Å². The van der Waals surface area contributed by atoms with E-state index in [1.165, 1.54) is 11.6 Å². The van der Waals surface area contributed by atoms with Crippen molar-refractivity contribution in [3.05, 3.63) is 68.4 Å². The molecule has 2 rings (SSSR count). The molecule has 0 heterocycles. The molecule has 1 N–H and O–H groups in total. The summed E-state index contributed by atoms with van der Waals surface area (Å²) in [5.41, 5.74) is 2.13. The fraction of sp³-hybridized carbons (Fsp3) is 0.250. The fourth-order valence-corrected chi connectivity index (χ4v) is 3.58. The van der Waals surface area contributed by atoms with Crippen molar-refractivity contribution in [2.24, 2.45) is 0 Å². The Hall–Kier alpha value is -0.710. The number of hydrogen-bond acceptors (Lipinski definition) is 1. The monoisotopic (exact) mass is 399 g/mol. The molecule has 0 saturated carbocycles. The van der Waals surface area contributed by atoms with Crippen molar-refractivity contribution in [3.8, 4) is 0 Å². The van der Waals surface area contributed by atoms with E-state index in [1.807, 2.05) is 25.1 Å². The predicted octanol–water partition coefficient (Wildman–Crippen LogP) is 5.76. The summed E-state index contributed by atoms with van der Waals surface area (Å²) < 4.78 is 15.4. The molecule has 0 bridgehead atoms. The van der Waals surface area contributed by atoms with Gasteiger partial charge in [0.2, 0.25) is 0 Å². The third-order valence-electron chi connectivity index (χ3n) is 3.28. The minimum Gasteiger partial charge on any atom is -0.304 e. The summed E-state index contributed by atoms with van der Waals surface area (Å²) in [6.45, 7) is 4.14. The molecule has 0 fully saturated rings. The molecular formula is C16H16Br2FN. The minimum atomic E-state index is -0.200. The highest BCUT2D eigenvalue weighted by atomic mass is 79.9. The van der Waals surface area contributed by atoms with Gasteiger partial charge in [-0.2, -0.15) is 0 Å². The maximum atomic E-state index is 13.3. The Kier molecular flexibility index (Phi) is 5.35. The lowest BCUT2D eigenvalue weighted by molar-refractivity contribution is 0.490. The van der Waals surface area contributed by atoms with Crippen LogP contribution in [-0.2, 0) is 0 Å². The first kappa shape index (κ1) is 15.7. The molecule has 0 saturated heterocycles. The van der Waals surface area contributed by atoms with Gasteiger partial charge in [-0.1, -0.05) is 50.1 Å². The number of halogens is 3. The second kappa shape index (κ2) is 6.83. The van der Waals surface area contributed by atoms with Crippen LogP contribution < -0.4 is 5.32 Å². The minimum absolute atomic E-state index is 0.0799. The molecule has 0 aliphatic rings. The van der Waals surface area contributed by atoms with Crippen molar-refractivity contribution in [1.82, 2.24) is 5.32 Å². The summed E-state index contributed by atoms with van der Waals surface area (Å²) >= 11 is 7.02. The Morgan fingerprint density at radius 3 is 2.40 bits per heavy atom. The Balaban J connectivity index is 2.12. The second-order valence-electron chi connectivity index (χ2n) is 4.83. The highest BCUT2D eigenvalue weighted by Crippen LogP contribution is 2.28. The van der Waals surface area contributed by atoms with Crippen LogP contribution in [0.5, 0.6) is 0 Å². The molecule has 0 aromatic heterocycles. The third kappa shape index (κ3) is 3.90. The maximum absolute atomic E-state index is 13.3. The van der Waals surface area contributed by atoms with Gasteiger partial charge in [-0.15, -0.1) is 0 Å². The summed E-state index contributed by atoms with van der Waals surface area (Å²) in [5.74, 6) is -0.200. The second-order valence-corrected chi connectivity index (χ2v) is 6.60. The third-order valence-corrected chi connectivity index (χ3v) is 4.46. The largest absolute Gasteiger partial charge is 0.304 e. The van der Waals surface area contributed by atoms with E-state index in [0.29, 0.717) is 0 Å². The number of rotatable bonds is 4.